The first-order valence-electron chi connectivity index (χ1n) is 8.73. The summed E-state index contributed by atoms with van der Waals surface area (Å²) in [5.41, 5.74) is 4.44. The van der Waals surface area contributed by atoms with Gasteiger partial charge in [0.15, 0.2) is 5.65 Å². The number of ether oxygens (including phenoxy) is 1. The quantitative estimate of drug-likeness (QED) is 0.776. The van der Waals surface area contributed by atoms with Gasteiger partial charge in [-0.15, -0.1) is 0 Å². The molecule has 1 unspecified atom stereocenters. The predicted molar refractivity (Wildman–Crippen MR) is 97.6 cm³/mol. The van der Waals surface area contributed by atoms with Crippen LogP contribution >= 0.6 is 0 Å². The first-order chi connectivity index (χ1) is 12.3. The van der Waals surface area contributed by atoms with Crippen LogP contribution in [0.15, 0.2) is 49.1 Å². The fraction of sp³-hybridized carbons (Fsp3) is 0.368. The summed E-state index contributed by atoms with van der Waals surface area (Å²) in [6.07, 6.45) is 7.39. The minimum atomic E-state index is 0.396. The van der Waals surface area contributed by atoms with Crippen LogP contribution in [-0.2, 0) is 11.3 Å². The van der Waals surface area contributed by atoms with E-state index in [1.54, 1.807) is 12.4 Å². The van der Waals surface area contributed by atoms with Crippen molar-refractivity contribution in [3.05, 3.63) is 60.3 Å². The Morgan fingerprint density at radius 1 is 1.24 bits per heavy atom. The Morgan fingerprint density at radius 2 is 2.12 bits per heavy atom. The van der Waals surface area contributed by atoms with Crippen molar-refractivity contribution in [1.29, 1.82) is 0 Å². The molecule has 0 spiro atoms. The van der Waals surface area contributed by atoms with Crippen molar-refractivity contribution in [3.63, 3.8) is 0 Å². The summed E-state index contributed by atoms with van der Waals surface area (Å²) in [6.45, 7) is 6.63. The third-order valence-electron chi connectivity index (χ3n) is 4.83. The second-order valence-electron chi connectivity index (χ2n) is 6.36. The van der Waals surface area contributed by atoms with Crippen LogP contribution < -0.4 is 5.32 Å². The summed E-state index contributed by atoms with van der Waals surface area (Å²) in [6, 6.07) is 9.07. The molecule has 1 aromatic carbocycles. The van der Waals surface area contributed by atoms with Gasteiger partial charge in [0.05, 0.1) is 37.8 Å². The van der Waals surface area contributed by atoms with Crippen LogP contribution in [0.2, 0.25) is 0 Å². The Morgan fingerprint density at radius 3 is 3.00 bits per heavy atom. The van der Waals surface area contributed by atoms with Crippen molar-refractivity contribution in [3.8, 4) is 0 Å². The third-order valence-corrected chi connectivity index (χ3v) is 4.83. The van der Waals surface area contributed by atoms with Crippen LogP contribution in [0.3, 0.4) is 0 Å². The lowest BCUT2D eigenvalue weighted by atomic mass is 10.1. The van der Waals surface area contributed by atoms with E-state index in [1.165, 1.54) is 5.56 Å². The number of rotatable bonds is 5. The highest BCUT2D eigenvalue weighted by atomic mass is 16.5. The van der Waals surface area contributed by atoms with Crippen LogP contribution in [0.5, 0.6) is 0 Å². The maximum Gasteiger partial charge on any atom is 0.155 e. The molecule has 1 fully saturated rings. The molecule has 1 N–H and O–H groups in total. The van der Waals surface area contributed by atoms with E-state index in [4.69, 9.17) is 4.74 Å². The van der Waals surface area contributed by atoms with Gasteiger partial charge in [0.2, 0.25) is 0 Å². The van der Waals surface area contributed by atoms with E-state index in [0.717, 1.165) is 49.9 Å². The molecule has 6 nitrogen and oxygen atoms in total. The number of nitrogens with zero attached hydrogens (tertiary/aromatic N) is 4. The average molecular weight is 337 g/mol. The van der Waals surface area contributed by atoms with Gasteiger partial charge in [-0.1, -0.05) is 12.1 Å². The van der Waals surface area contributed by atoms with Gasteiger partial charge in [0.1, 0.15) is 0 Å². The van der Waals surface area contributed by atoms with Crippen LogP contribution in [0.1, 0.15) is 24.2 Å². The smallest absolute Gasteiger partial charge is 0.155 e. The Bertz CT molecular complexity index is 840. The maximum absolute atomic E-state index is 5.46. The highest BCUT2D eigenvalue weighted by molar-refractivity contribution is 5.47. The first-order valence-corrected chi connectivity index (χ1v) is 8.73. The average Bonchev–Trinajstić information content (AvgIpc) is 3.10. The fourth-order valence-corrected chi connectivity index (χ4v) is 3.30. The third kappa shape index (κ3) is 3.50. The van der Waals surface area contributed by atoms with Crippen LogP contribution in [0.4, 0.5) is 5.69 Å². The number of morpholine rings is 1. The minimum absolute atomic E-state index is 0.396. The molecular weight excluding hydrogens is 314 g/mol. The molecule has 0 bridgehead atoms. The van der Waals surface area contributed by atoms with Gasteiger partial charge in [-0.3, -0.25) is 14.3 Å². The molecule has 3 aromatic rings. The van der Waals surface area contributed by atoms with Crippen molar-refractivity contribution in [2.45, 2.75) is 19.5 Å². The Hall–Kier alpha value is -2.44. The van der Waals surface area contributed by atoms with Gasteiger partial charge in [-0.25, -0.2) is 4.98 Å². The summed E-state index contributed by atoms with van der Waals surface area (Å²) in [5, 5.41) is 3.51. The number of fused-ring (bicyclic) bond motifs is 1. The zero-order chi connectivity index (χ0) is 17.1. The Kier molecular flexibility index (Phi) is 4.63. The summed E-state index contributed by atoms with van der Waals surface area (Å²) in [4.78, 5) is 11.0. The molecule has 130 valence electrons. The van der Waals surface area contributed by atoms with Crippen molar-refractivity contribution >= 4 is 11.3 Å². The number of imidazole rings is 1. The van der Waals surface area contributed by atoms with Gasteiger partial charge in [-0.05, 0) is 24.6 Å². The number of hydrogen-bond acceptors (Lipinski definition) is 5. The highest BCUT2D eigenvalue weighted by Crippen LogP contribution is 2.24. The molecular formula is C19H23N5O. The normalized spacial score (nSPS) is 16.8. The van der Waals surface area contributed by atoms with E-state index in [9.17, 15) is 0 Å². The van der Waals surface area contributed by atoms with Crippen LogP contribution in [0, 0.1) is 0 Å². The lowest BCUT2D eigenvalue weighted by Crippen LogP contribution is -2.38. The van der Waals surface area contributed by atoms with Crippen molar-refractivity contribution < 1.29 is 4.74 Å². The number of anilines is 1. The zero-order valence-corrected chi connectivity index (χ0v) is 14.4. The standard InChI is InChI=1S/C19H23N5O/c1-15(23-7-9-25-10-8-23)16-3-2-4-17(11-16)21-12-18-13-22-19-14-20-5-6-24(18)19/h2-6,11,13-15,21H,7-10,12H2,1H3. The second kappa shape index (κ2) is 7.21. The topological polar surface area (TPSA) is 54.7 Å². The summed E-state index contributed by atoms with van der Waals surface area (Å²) in [7, 11) is 0. The molecule has 0 radical (unpaired) electrons. The second-order valence-corrected chi connectivity index (χ2v) is 6.36. The number of aromatic nitrogens is 3. The van der Waals surface area contributed by atoms with Crippen molar-refractivity contribution in [1.82, 2.24) is 19.3 Å². The number of nitrogens with one attached hydrogen (secondary N) is 1. The van der Waals surface area contributed by atoms with Crippen molar-refractivity contribution in [2.24, 2.45) is 0 Å². The minimum Gasteiger partial charge on any atom is -0.379 e. The molecule has 1 aliphatic heterocycles. The van der Waals surface area contributed by atoms with Crippen molar-refractivity contribution in [2.75, 3.05) is 31.6 Å². The molecule has 1 aliphatic rings. The summed E-state index contributed by atoms with van der Waals surface area (Å²) >= 11 is 0. The molecule has 0 aliphatic carbocycles. The molecule has 3 heterocycles. The monoisotopic (exact) mass is 337 g/mol. The molecule has 25 heavy (non-hydrogen) atoms. The van der Waals surface area contributed by atoms with E-state index in [2.05, 4.69) is 55.8 Å². The summed E-state index contributed by atoms with van der Waals surface area (Å²) < 4.78 is 7.51. The van der Waals surface area contributed by atoms with Crippen LogP contribution in [0.25, 0.3) is 5.65 Å². The number of hydrogen-bond donors (Lipinski definition) is 1. The highest BCUT2D eigenvalue weighted by Gasteiger charge is 2.18. The molecule has 6 heteroatoms. The molecule has 2 aromatic heterocycles. The molecule has 1 saturated heterocycles. The first kappa shape index (κ1) is 16.1. The lowest BCUT2D eigenvalue weighted by molar-refractivity contribution is 0.0199. The van der Waals surface area contributed by atoms with Gasteiger partial charge in [-0.2, -0.15) is 0 Å². The van der Waals surface area contributed by atoms with E-state index >= 15 is 0 Å². The van der Waals surface area contributed by atoms with Gasteiger partial charge < -0.3 is 10.1 Å². The Balaban J connectivity index is 1.46. The van der Waals surface area contributed by atoms with E-state index in [0.29, 0.717) is 6.04 Å². The molecule has 1 atom stereocenters. The SMILES string of the molecule is CC(c1cccc(NCc2cnc3cnccn23)c1)N1CCOCC1. The van der Waals surface area contributed by atoms with Crippen LogP contribution in [-0.4, -0.2) is 45.6 Å². The zero-order valence-electron chi connectivity index (χ0n) is 14.4. The van der Waals surface area contributed by atoms with E-state index < -0.39 is 0 Å². The molecule has 0 amide bonds. The largest absolute Gasteiger partial charge is 0.379 e. The van der Waals surface area contributed by atoms with Gasteiger partial charge in [0, 0.05) is 37.2 Å². The molecule has 4 rings (SSSR count). The van der Waals surface area contributed by atoms with Gasteiger partial charge >= 0.3 is 0 Å². The lowest BCUT2D eigenvalue weighted by Gasteiger charge is -2.32. The fourth-order valence-electron chi connectivity index (χ4n) is 3.30. The molecule has 0 saturated carbocycles. The Labute approximate surface area is 147 Å². The number of benzene rings is 1. The van der Waals surface area contributed by atoms with E-state index in [1.807, 2.05) is 12.4 Å². The van der Waals surface area contributed by atoms with E-state index in [-0.39, 0.29) is 0 Å². The van der Waals surface area contributed by atoms with Gasteiger partial charge in [0.25, 0.3) is 0 Å². The maximum atomic E-state index is 5.46. The predicted octanol–water partition coefficient (Wildman–Crippen LogP) is 2.73. The summed E-state index contributed by atoms with van der Waals surface area (Å²) in [5.74, 6) is 0.